The van der Waals surface area contributed by atoms with E-state index in [1.165, 1.54) is 5.56 Å². The molecule has 3 aliphatic carbocycles. The molecular weight excluding hydrogens is 412 g/mol. The van der Waals surface area contributed by atoms with Crippen molar-refractivity contribution >= 4 is 22.7 Å². The molecule has 0 saturated heterocycles. The van der Waals surface area contributed by atoms with Crippen LogP contribution in [0.3, 0.4) is 0 Å². The molecule has 4 aromatic rings. The summed E-state index contributed by atoms with van der Waals surface area (Å²) in [6, 6.07) is 27.8. The Morgan fingerprint density at radius 1 is 0.788 bits per heavy atom. The molecule has 7 rings (SSSR count). The Balaban J connectivity index is 1.27. The molecular formula is C29H22O4. The van der Waals surface area contributed by atoms with Gasteiger partial charge in [0.2, 0.25) is 0 Å². The van der Waals surface area contributed by atoms with Gasteiger partial charge in [-0.2, -0.15) is 0 Å². The van der Waals surface area contributed by atoms with Gasteiger partial charge in [-0.15, -0.1) is 0 Å². The number of carboxylic acid groups (broad SMARTS) is 1. The van der Waals surface area contributed by atoms with Crippen LogP contribution in [0.25, 0.3) is 10.8 Å². The van der Waals surface area contributed by atoms with Gasteiger partial charge in [0.1, 0.15) is 5.75 Å². The Bertz CT molecular complexity index is 1420. The number of hydrogen-bond donors (Lipinski definition) is 1. The number of rotatable bonds is 4. The predicted octanol–water partition coefficient (Wildman–Crippen LogP) is 5.67. The summed E-state index contributed by atoms with van der Waals surface area (Å²) in [5.41, 5.74) is 5.31. The molecule has 3 atom stereocenters. The number of carbonyl (C=O) groups excluding carboxylic acids is 1. The smallest absolute Gasteiger partial charge is 0.315 e. The van der Waals surface area contributed by atoms with Gasteiger partial charge in [0.25, 0.3) is 0 Å². The van der Waals surface area contributed by atoms with Crippen molar-refractivity contribution in [2.24, 2.45) is 5.92 Å². The number of fused-ring (bicyclic) bond motifs is 2. The molecule has 0 spiro atoms. The van der Waals surface area contributed by atoms with Crippen molar-refractivity contribution in [2.45, 2.75) is 24.7 Å². The van der Waals surface area contributed by atoms with E-state index < -0.39 is 11.9 Å². The summed E-state index contributed by atoms with van der Waals surface area (Å²) >= 11 is 0. The van der Waals surface area contributed by atoms with Crippen LogP contribution in [0.2, 0.25) is 0 Å². The molecule has 0 aromatic heterocycles. The van der Waals surface area contributed by atoms with E-state index in [0.29, 0.717) is 12.2 Å². The van der Waals surface area contributed by atoms with Crippen molar-refractivity contribution in [3.8, 4) is 5.75 Å². The number of esters is 1. The monoisotopic (exact) mass is 434 g/mol. The third-order valence-corrected chi connectivity index (χ3v) is 7.08. The zero-order valence-electron chi connectivity index (χ0n) is 17.9. The molecule has 0 aliphatic heterocycles. The van der Waals surface area contributed by atoms with Crippen LogP contribution >= 0.6 is 0 Å². The van der Waals surface area contributed by atoms with Crippen molar-refractivity contribution < 1.29 is 19.4 Å². The van der Waals surface area contributed by atoms with Crippen LogP contribution in [0.15, 0.2) is 84.9 Å². The molecule has 0 fully saturated rings. The summed E-state index contributed by atoms with van der Waals surface area (Å²) in [6.45, 7) is 0. The minimum absolute atomic E-state index is 0.00133. The normalized spacial score (nSPS) is 20.2. The lowest BCUT2D eigenvalue weighted by Crippen LogP contribution is -2.36. The van der Waals surface area contributed by atoms with E-state index >= 15 is 0 Å². The second-order valence-corrected chi connectivity index (χ2v) is 8.96. The lowest BCUT2D eigenvalue weighted by atomic mass is 9.59. The lowest BCUT2D eigenvalue weighted by molar-refractivity contribution is -0.143. The Hall–Kier alpha value is -3.92. The molecule has 4 nitrogen and oxygen atoms in total. The highest BCUT2D eigenvalue weighted by Gasteiger charge is 2.46. The van der Waals surface area contributed by atoms with Gasteiger partial charge < -0.3 is 9.84 Å². The van der Waals surface area contributed by atoms with E-state index in [-0.39, 0.29) is 24.2 Å². The molecule has 0 saturated carbocycles. The molecule has 4 aromatic carbocycles. The predicted molar refractivity (Wildman–Crippen MR) is 126 cm³/mol. The van der Waals surface area contributed by atoms with Gasteiger partial charge in [-0.1, -0.05) is 72.8 Å². The fraction of sp³-hybridized carbons (Fsp3) is 0.172. The summed E-state index contributed by atoms with van der Waals surface area (Å²) in [6.07, 6.45) is 0.760. The second-order valence-electron chi connectivity index (χ2n) is 8.96. The molecule has 0 heterocycles. The van der Waals surface area contributed by atoms with Crippen molar-refractivity contribution in [1.82, 2.24) is 0 Å². The Morgan fingerprint density at radius 3 is 2.33 bits per heavy atom. The number of carboxylic acids is 1. The van der Waals surface area contributed by atoms with Gasteiger partial charge in [-0.05, 0) is 57.1 Å². The maximum atomic E-state index is 12.7. The van der Waals surface area contributed by atoms with Crippen LogP contribution in [0, 0.1) is 5.92 Å². The molecule has 0 amide bonds. The Morgan fingerprint density at radius 2 is 1.52 bits per heavy atom. The minimum Gasteiger partial charge on any atom is -0.481 e. The fourth-order valence-electron chi connectivity index (χ4n) is 5.65. The van der Waals surface area contributed by atoms with E-state index in [9.17, 15) is 14.7 Å². The third-order valence-electron chi connectivity index (χ3n) is 7.08. The number of hydrogen-bond acceptors (Lipinski definition) is 3. The molecule has 3 aliphatic rings. The van der Waals surface area contributed by atoms with Crippen LogP contribution in [0.4, 0.5) is 0 Å². The quantitative estimate of drug-likeness (QED) is 0.332. The topological polar surface area (TPSA) is 63.6 Å². The van der Waals surface area contributed by atoms with E-state index in [1.54, 1.807) is 6.07 Å². The summed E-state index contributed by atoms with van der Waals surface area (Å²) in [7, 11) is 0. The summed E-state index contributed by atoms with van der Waals surface area (Å²) in [5.74, 6) is -1.15. The van der Waals surface area contributed by atoms with Crippen LogP contribution in [0.1, 0.15) is 46.1 Å². The minimum atomic E-state index is -0.754. The SMILES string of the molecule is O=C(Cc1ccc2ccccc2c1)Oc1ccc2c(c1)C1CC(C(=O)O)C2c2ccccc21. The second kappa shape index (κ2) is 7.59. The zero-order valence-corrected chi connectivity index (χ0v) is 17.9. The molecule has 162 valence electrons. The Labute approximate surface area is 191 Å². The van der Waals surface area contributed by atoms with Crippen LogP contribution < -0.4 is 4.74 Å². The third kappa shape index (κ3) is 3.30. The standard InChI is InChI=1S/C29H22O4/c30-27(14-17-9-10-18-5-1-2-6-19(18)13-17)33-20-11-12-23-24(15-20)25-16-26(29(31)32)28(23)22-8-4-3-7-21(22)25/h1-13,15,25-26,28H,14,16H2,(H,31,32). The van der Waals surface area contributed by atoms with Crippen molar-refractivity contribution in [1.29, 1.82) is 0 Å². The Kier molecular flexibility index (Phi) is 4.54. The van der Waals surface area contributed by atoms with Gasteiger partial charge in [-0.3, -0.25) is 9.59 Å². The highest BCUT2D eigenvalue weighted by molar-refractivity contribution is 5.85. The largest absolute Gasteiger partial charge is 0.481 e. The number of aliphatic carboxylic acids is 1. The van der Waals surface area contributed by atoms with Crippen molar-refractivity contribution in [3.05, 3.63) is 113 Å². The van der Waals surface area contributed by atoms with Crippen LogP contribution in [0.5, 0.6) is 5.75 Å². The average molecular weight is 434 g/mol. The molecule has 4 heteroatoms. The summed E-state index contributed by atoms with van der Waals surface area (Å²) in [5, 5.41) is 12.1. The fourth-order valence-corrected chi connectivity index (χ4v) is 5.65. The van der Waals surface area contributed by atoms with E-state index in [0.717, 1.165) is 33.0 Å². The number of carbonyl (C=O) groups is 2. The van der Waals surface area contributed by atoms with Gasteiger partial charge in [0.15, 0.2) is 0 Å². The first-order chi connectivity index (χ1) is 16.1. The van der Waals surface area contributed by atoms with Gasteiger partial charge in [-0.25, -0.2) is 0 Å². The molecule has 3 unspecified atom stereocenters. The van der Waals surface area contributed by atoms with E-state index in [4.69, 9.17) is 4.74 Å². The van der Waals surface area contributed by atoms with Crippen molar-refractivity contribution in [2.75, 3.05) is 0 Å². The zero-order chi connectivity index (χ0) is 22.5. The number of benzene rings is 4. The summed E-state index contributed by atoms with van der Waals surface area (Å²) < 4.78 is 5.71. The summed E-state index contributed by atoms with van der Waals surface area (Å²) in [4.78, 5) is 24.6. The molecule has 2 bridgehead atoms. The molecule has 1 N–H and O–H groups in total. The van der Waals surface area contributed by atoms with Crippen molar-refractivity contribution in [3.63, 3.8) is 0 Å². The maximum Gasteiger partial charge on any atom is 0.315 e. The van der Waals surface area contributed by atoms with E-state index in [1.807, 2.05) is 72.8 Å². The van der Waals surface area contributed by atoms with Gasteiger partial charge >= 0.3 is 11.9 Å². The van der Waals surface area contributed by atoms with E-state index in [2.05, 4.69) is 6.07 Å². The first-order valence-electron chi connectivity index (χ1n) is 11.2. The highest BCUT2D eigenvalue weighted by Crippen LogP contribution is 2.56. The highest BCUT2D eigenvalue weighted by atomic mass is 16.5. The van der Waals surface area contributed by atoms with Gasteiger partial charge in [0, 0.05) is 11.8 Å². The van der Waals surface area contributed by atoms with Gasteiger partial charge in [0.05, 0.1) is 12.3 Å². The maximum absolute atomic E-state index is 12.7. The first kappa shape index (κ1) is 19.7. The molecule has 33 heavy (non-hydrogen) atoms. The first-order valence-corrected chi connectivity index (χ1v) is 11.2. The van der Waals surface area contributed by atoms with Crippen LogP contribution in [-0.2, 0) is 16.0 Å². The molecule has 0 radical (unpaired) electrons. The average Bonchev–Trinajstić information content (AvgIpc) is 2.83. The number of ether oxygens (including phenoxy) is 1. The van der Waals surface area contributed by atoms with Crippen LogP contribution in [-0.4, -0.2) is 17.0 Å². The lowest BCUT2D eigenvalue weighted by Gasteiger charge is -2.44.